The fourth-order valence-corrected chi connectivity index (χ4v) is 1.70. The summed E-state index contributed by atoms with van der Waals surface area (Å²) in [5.41, 5.74) is 5.82. The fourth-order valence-electron chi connectivity index (χ4n) is 1.35. The lowest BCUT2D eigenvalue weighted by Crippen LogP contribution is -1.98. The zero-order valence-corrected chi connectivity index (χ0v) is 9.13. The predicted octanol–water partition coefficient (Wildman–Crippen LogP) is 3.52. The van der Waals surface area contributed by atoms with Crippen molar-refractivity contribution in [2.45, 2.75) is 6.43 Å². The Kier molecular flexibility index (Phi) is 2.56. The van der Waals surface area contributed by atoms with Gasteiger partial charge in [0.15, 0.2) is 0 Å². The molecule has 0 unspecified atom stereocenters. The van der Waals surface area contributed by atoms with Crippen molar-refractivity contribution in [3.63, 3.8) is 0 Å². The van der Waals surface area contributed by atoms with Gasteiger partial charge in [0.25, 0.3) is 6.43 Å². The van der Waals surface area contributed by atoms with Crippen LogP contribution in [-0.2, 0) is 0 Å². The molecule has 0 atom stereocenters. The number of aromatic nitrogens is 1. The lowest BCUT2D eigenvalue weighted by molar-refractivity contribution is 0.152. The number of nitrogen functional groups attached to an aromatic ring is 1. The molecule has 2 N–H and O–H groups in total. The van der Waals surface area contributed by atoms with Crippen LogP contribution in [0.1, 0.15) is 12.0 Å². The normalized spacial score (nSPS) is 11.2. The van der Waals surface area contributed by atoms with E-state index in [2.05, 4.69) is 20.9 Å². The maximum atomic E-state index is 12.5. The highest BCUT2D eigenvalue weighted by Gasteiger charge is 2.13. The molecule has 0 aliphatic carbocycles. The number of nitrogens with two attached hydrogens (primary N) is 1. The molecule has 0 aliphatic rings. The van der Waals surface area contributed by atoms with Gasteiger partial charge < -0.3 is 5.73 Å². The molecule has 5 heteroatoms. The maximum absolute atomic E-state index is 12.5. The van der Waals surface area contributed by atoms with Crippen molar-refractivity contribution in [3.05, 3.63) is 34.3 Å². The molecule has 0 fully saturated rings. The molecule has 0 bridgehead atoms. The molecule has 0 saturated heterocycles. The van der Waals surface area contributed by atoms with Crippen LogP contribution in [0.15, 0.2) is 28.7 Å². The molecule has 0 amide bonds. The molecule has 2 aromatic rings. The Hall–Kier alpha value is -1.23. The quantitative estimate of drug-likeness (QED) is 0.863. The van der Waals surface area contributed by atoms with E-state index in [1.165, 1.54) is 6.07 Å². The van der Waals surface area contributed by atoms with E-state index < -0.39 is 6.43 Å². The summed E-state index contributed by atoms with van der Waals surface area (Å²) in [6.45, 7) is 0. The first-order chi connectivity index (χ1) is 7.08. The van der Waals surface area contributed by atoms with E-state index >= 15 is 0 Å². The van der Waals surface area contributed by atoms with Crippen molar-refractivity contribution in [3.8, 4) is 0 Å². The van der Waals surface area contributed by atoms with Gasteiger partial charge in [-0.1, -0.05) is 22.0 Å². The zero-order valence-electron chi connectivity index (χ0n) is 7.55. The Morgan fingerprint density at radius 3 is 2.67 bits per heavy atom. The molecule has 0 aliphatic heterocycles. The van der Waals surface area contributed by atoms with Crippen LogP contribution in [0.2, 0.25) is 0 Å². The van der Waals surface area contributed by atoms with Gasteiger partial charge in [0, 0.05) is 9.86 Å². The zero-order chi connectivity index (χ0) is 11.0. The molecule has 15 heavy (non-hydrogen) atoms. The van der Waals surface area contributed by atoms with Crippen LogP contribution in [0.25, 0.3) is 10.9 Å². The number of anilines is 1. The number of nitrogens with zero attached hydrogens (tertiary/aromatic N) is 1. The lowest BCUT2D eigenvalue weighted by Gasteiger charge is -2.06. The summed E-state index contributed by atoms with van der Waals surface area (Å²) < 4.78 is 25.9. The summed E-state index contributed by atoms with van der Waals surface area (Å²) in [5, 5.41) is 0.655. The van der Waals surface area contributed by atoms with E-state index in [1.807, 2.05) is 0 Å². The Morgan fingerprint density at radius 1 is 1.27 bits per heavy atom. The number of alkyl halides is 2. The van der Waals surface area contributed by atoms with Gasteiger partial charge in [-0.3, -0.25) is 0 Å². The highest BCUT2D eigenvalue weighted by Crippen LogP contribution is 2.28. The molecule has 0 radical (unpaired) electrons. The van der Waals surface area contributed by atoms with Gasteiger partial charge in [-0.2, -0.15) is 0 Å². The van der Waals surface area contributed by atoms with E-state index in [-0.39, 0.29) is 11.4 Å². The van der Waals surface area contributed by atoms with Crippen molar-refractivity contribution in [1.29, 1.82) is 0 Å². The summed E-state index contributed by atoms with van der Waals surface area (Å²) in [5.74, 6) is -0.115. The van der Waals surface area contributed by atoms with Crippen LogP contribution in [0, 0.1) is 0 Å². The standard InChI is InChI=1S/C10H7BrF2N2/c11-6-2-1-5-3-7(9(12)13)10(14)15-8(5)4-6/h1-4,9H,(H2,14,15). The molecule has 1 aromatic carbocycles. The fraction of sp³-hybridized carbons (Fsp3) is 0.100. The van der Waals surface area contributed by atoms with Crippen molar-refractivity contribution in [2.75, 3.05) is 5.73 Å². The topological polar surface area (TPSA) is 38.9 Å². The second kappa shape index (κ2) is 3.73. The average molecular weight is 273 g/mol. The SMILES string of the molecule is Nc1nc2cc(Br)ccc2cc1C(F)F. The number of halogens is 3. The second-order valence-electron chi connectivity index (χ2n) is 3.10. The van der Waals surface area contributed by atoms with Gasteiger partial charge in [0.05, 0.1) is 11.1 Å². The molecule has 2 nitrogen and oxygen atoms in total. The summed E-state index contributed by atoms with van der Waals surface area (Å²) >= 11 is 3.28. The van der Waals surface area contributed by atoms with Gasteiger partial charge in [0.1, 0.15) is 5.82 Å². The summed E-state index contributed by atoms with van der Waals surface area (Å²) in [7, 11) is 0. The first-order valence-corrected chi connectivity index (χ1v) is 5.01. The molecular weight excluding hydrogens is 266 g/mol. The van der Waals surface area contributed by atoms with Crippen LogP contribution < -0.4 is 5.73 Å². The van der Waals surface area contributed by atoms with Crippen molar-refractivity contribution >= 4 is 32.7 Å². The number of hydrogen-bond donors (Lipinski definition) is 1. The minimum Gasteiger partial charge on any atom is -0.383 e. The van der Waals surface area contributed by atoms with E-state index in [1.54, 1.807) is 18.2 Å². The second-order valence-corrected chi connectivity index (χ2v) is 4.02. The van der Waals surface area contributed by atoms with E-state index in [0.29, 0.717) is 10.9 Å². The molecule has 0 spiro atoms. The molecule has 78 valence electrons. The van der Waals surface area contributed by atoms with Crippen LogP contribution in [0.5, 0.6) is 0 Å². The third-order valence-corrected chi connectivity index (χ3v) is 2.57. The van der Waals surface area contributed by atoms with Gasteiger partial charge in [-0.15, -0.1) is 0 Å². The van der Waals surface area contributed by atoms with Crippen molar-refractivity contribution < 1.29 is 8.78 Å². The Morgan fingerprint density at radius 2 is 2.00 bits per heavy atom. The minimum atomic E-state index is -2.59. The average Bonchev–Trinajstić information content (AvgIpc) is 2.15. The molecule has 2 rings (SSSR count). The highest BCUT2D eigenvalue weighted by molar-refractivity contribution is 9.10. The third-order valence-electron chi connectivity index (χ3n) is 2.08. The van der Waals surface area contributed by atoms with Crippen molar-refractivity contribution in [1.82, 2.24) is 4.98 Å². The number of rotatable bonds is 1. The molecule has 1 heterocycles. The monoisotopic (exact) mass is 272 g/mol. The highest BCUT2D eigenvalue weighted by atomic mass is 79.9. The smallest absolute Gasteiger partial charge is 0.267 e. The van der Waals surface area contributed by atoms with Crippen LogP contribution in [0.3, 0.4) is 0 Å². The lowest BCUT2D eigenvalue weighted by atomic mass is 10.1. The Bertz CT molecular complexity index is 514. The molecular formula is C10H7BrF2N2. The van der Waals surface area contributed by atoms with Crippen LogP contribution >= 0.6 is 15.9 Å². The number of fused-ring (bicyclic) bond motifs is 1. The number of pyridine rings is 1. The Labute approximate surface area is 93.2 Å². The number of hydrogen-bond acceptors (Lipinski definition) is 2. The Balaban J connectivity index is 2.71. The van der Waals surface area contributed by atoms with E-state index in [4.69, 9.17) is 5.73 Å². The van der Waals surface area contributed by atoms with E-state index in [9.17, 15) is 8.78 Å². The minimum absolute atomic E-state index is 0.115. The first-order valence-electron chi connectivity index (χ1n) is 4.22. The predicted molar refractivity (Wildman–Crippen MR) is 58.8 cm³/mol. The number of benzene rings is 1. The maximum Gasteiger partial charge on any atom is 0.267 e. The summed E-state index contributed by atoms with van der Waals surface area (Å²) in [4.78, 5) is 3.93. The van der Waals surface area contributed by atoms with Crippen LogP contribution in [-0.4, -0.2) is 4.98 Å². The van der Waals surface area contributed by atoms with Gasteiger partial charge in [0.2, 0.25) is 0 Å². The van der Waals surface area contributed by atoms with Crippen molar-refractivity contribution in [2.24, 2.45) is 0 Å². The van der Waals surface area contributed by atoms with Gasteiger partial charge in [-0.05, 0) is 18.2 Å². The largest absolute Gasteiger partial charge is 0.383 e. The first kappa shape index (κ1) is 10.3. The summed E-state index contributed by atoms with van der Waals surface area (Å²) in [6, 6.07) is 6.60. The van der Waals surface area contributed by atoms with Gasteiger partial charge >= 0.3 is 0 Å². The van der Waals surface area contributed by atoms with Crippen LogP contribution in [0.4, 0.5) is 14.6 Å². The molecule has 0 saturated carbocycles. The van der Waals surface area contributed by atoms with Gasteiger partial charge in [-0.25, -0.2) is 13.8 Å². The third kappa shape index (κ3) is 1.92. The molecule has 1 aromatic heterocycles. The summed E-state index contributed by atoms with van der Waals surface area (Å²) in [6.07, 6.45) is -2.59. The van der Waals surface area contributed by atoms with E-state index in [0.717, 1.165) is 4.47 Å².